The first kappa shape index (κ1) is 28.0. The molecule has 0 unspecified atom stereocenters. The lowest BCUT2D eigenvalue weighted by Crippen LogP contribution is -2.11. The van der Waals surface area contributed by atoms with Gasteiger partial charge in [0.2, 0.25) is 0 Å². The second-order valence-electron chi connectivity index (χ2n) is 7.68. The second kappa shape index (κ2) is 13.1. The van der Waals surface area contributed by atoms with Crippen molar-refractivity contribution in [3.63, 3.8) is 0 Å². The van der Waals surface area contributed by atoms with Crippen LogP contribution >= 0.6 is 30.5 Å². The zero-order chi connectivity index (χ0) is 26.1. The lowest BCUT2D eigenvalue weighted by Gasteiger charge is -2.17. The van der Waals surface area contributed by atoms with Gasteiger partial charge in [0.05, 0.1) is 36.3 Å². The number of aryl methyl sites for hydroxylation is 2. The third-order valence-corrected chi connectivity index (χ3v) is 8.22. The summed E-state index contributed by atoms with van der Waals surface area (Å²) in [6.45, 7) is 8.44. The third kappa shape index (κ3) is 7.97. The molecule has 194 valence electrons. The van der Waals surface area contributed by atoms with Crippen LogP contribution in [0, 0.1) is 13.8 Å². The largest absolute Gasteiger partial charge is 0.370 e. The Labute approximate surface area is 219 Å². The maximum Gasteiger partial charge on any atom is 0.330 e. The highest BCUT2D eigenvalue weighted by Gasteiger charge is 2.22. The van der Waals surface area contributed by atoms with E-state index in [9.17, 15) is 9.36 Å². The van der Waals surface area contributed by atoms with Crippen molar-refractivity contribution in [2.24, 2.45) is 0 Å². The van der Waals surface area contributed by atoms with E-state index in [1.165, 1.54) is 17.5 Å². The maximum absolute atomic E-state index is 12.7. The molecule has 13 heteroatoms. The highest BCUT2D eigenvalue weighted by Crippen LogP contribution is 2.48. The summed E-state index contributed by atoms with van der Waals surface area (Å²) in [5, 5.41) is 10.2. The van der Waals surface area contributed by atoms with E-state index >= 15 is 0 Å². The number of carbonyl (C=O) groups is 1. The molecule has 0 spiro atoms. The number of hydrogen-bond donors (Lipinski definition) is 3. The van der Waals surface area contributed by atoms with Crippen molar-refractivity contribution in [1.82, 2.24) is 15.0 Å². The standard InChI is InChI=1S/C23H30ClN6O4PS/c1-5-33-35(32,34-6-2)12-8-11-25-19-13-20(28-16(4)27-19)29-23-26-14-18(36-23)22(31)30-21-15(3)9-7-10-17(21)24/h7,9-10,13-14H,5-6,8,11-12H2,1-4H3,(H,30,31)(H2,25,26,27,28,29). The van der Waals surface area contributed by atoms with Crippen LogP contribution in [0.15, 0.2) is 30.5 Å². The predicted octanol–water partition coefficient (Wildman–Crippen LogP) is 6.27. The average molecular weight is 553 g/mol. The Morgan fingerprint density at radius 2 is 1.86 bits per heavy atom. The van der Waals surface area contributed by atoms with Crippen molar-refractivity contribution < 1.29 is 18.4 Å². The lowest BCUT2D eigenvalue weighted by molar-refractivity contribution is 0.103. The molecule has 3 rings (SSSR count). The Morgan fingerprint density at radius 3 is 2.56 bits per heavy atom. The topological polar surface area (TPSA) is 127 Å². The number of benzene rings is 1. The van der Waals surface area contributed by atoms with E-state index in [1.54, 1.807) is 32.9 Å². The fourth-order valence-corrected chi connectivity index (χ4v) is 5.94. The number of anilines is 4. The van der Waals surface area contributed by atoms with E-state index in [4.69, 9.17) is 20.6 Å². The fraction of sp³-hybridized carbons (Fsp3) is 0.391. The summed E-state index contributed by atoms with van der Waals surface area (Å²) in [6.07, 6.45) is 2.39. The molecule has 0 fully saturated rings. The van der Waals surface area contributed by atoms with Gasteiger partial charge in [0.15, 0.2) is 5.13 Å². The molecule has 0 atom stereocenters. The molecule has 0 saturated carbocycles. The second-order valence-corrected chi connectivity index (χ2v) is 11.3. The van der Waals surface area contributed by atoms with Crippen molar-refractivity contribution >= 4 is 58.9 Å². The van der Waals surface area contributed by atoms with Crippen LogP contribution in [-0.2, 0) is 13.6 Å². The molecule has 10 nitrogen and oxygen atoms in total. The van der Waals surface area contributed by atoms with E-state index < -0.39 is 7.60 Å². The quantitative estimate of drug-likeness (QED) is 0.166. The van der Waals surface area contributed by atoms with Gasteiger partial charge in [-0.2, -0.15) is 0 Å². The van der Waals surface area contributed by atoms with Gasteiger partial charge in [-0.1, -0.05) is 35.1 Å². The predicted molar refractivity (Wildman–Crippen MR) is 145 cm³/mol. The Balaban J connectivity index is 1.59. The van der Waals surface area contributed by atoms with E-state index in [0.29, 0.717) is 70.5 Å². The summed E-state index contributed by atoms with van der Waals surface area (Å²) < 4.78 is 23.2. The van der Waals surface area contributed by atoms with Gasteiger partial charge in [0.25, 0.3) is 5.91 Å². The minimum absolute atomic E-state index is 0.297. The van der Waals surface area contributed by atoms with Crippen molar-refractivity contribution in [3.05, 3.63) is 51.7 Å². The van der Waals surface area contributed by atoms with Crippen LogP contribution in [0.3, 0.4) is 0 Å². The van der Waals surface area contributed by atoms with Crippen LogP contribution < -0.4 is 16.0 Å². The molecule has 1 amide bonds. The molecule has 36 heavy (non-hydrogen) atoms. The summed E-state index contributed by atoms with van der Waals surface area (Å²) in [4.78, 5) is 26.2. The molecule has 3 N–H and O–H groups in total. The number of nitrogens with one attached hydrogen (secondary N) is 3. The fourth-order valence-electron chi connectivity index (χ4n) is 3.28. The molecular formula is C23H30ClN6O4PS. The van der Waals surface area contributed by atoms with Gasteiger partial charge >= 0.3 is 7.60 Å². The first-order valence-corrected chi connectivity index (χ1v) is 14.4. The first-order valence-electron chi connectivity index (χ1n) is 11.5. The highest BCUT2D eigenvalue weighted by atomic mass is 35.5. The molecule has 2 aromatic heterocycles. The summed E-state index contributed by atoms with van der Waals surface area (Å²) in [5.41, 5.74) is 1.45. The van der Waals surface area contributed by atoms with Gasteiger partial charge in [-0.15, -0.1) is 0 Å². The van der Waals surface area contributed by atoms with E-state index in [1.807, 2.05) is 19.1 Å². The van der Waals surface area contributed by atoms with Crippen LogP contribution in [0.4, 0.5) is 22.5 Å². The summed E-state index contributed by atoms with van der Waals surface area (Å²) in [7, 11) is -3.07. The van der Waals surface area contributed by atoms with Gasteiger partial charge in [-0.3, -0.25) is 9.36 Å². The molecule has 1 aromatic carbocycles. The SMILES string of the molecule is CCOP(=O)(CCCNc1cc(Nc2ncc(C(=O)Nc3c(C)cccc3Cl)s2)nc(C)n1)OCC. The number of carbonyl (C=O) groups excluding carboxylic acids is 1. The van der Waals surface area contributed by atoms with E-state index in [-0.39, 0.29) is 5.91 Å². The number of rotatable bonds is 13. The van der Waals surface area contributed by atoms with Gasteiger partial charge in [-0.25, -0.2) is 15.0 Å². The van der Waals surface area contributed by atoms with Gasteiger partial charge in [0.1, 0.15) is 22.3 Å². The number of thiazole rings is 1. The van der Waals surface area contributed by atoms with Crippen molar-refractivity contribution in [2.45, 2.75) is 34.1 Å². The molecule has 0 aliphatic heterocycles. The van der Waals surface area contributed by atoms with Crippen LogP contribution in [0.1, 0.15) is 41.3 Å². The summed E-state index contributed by atoms with van der Waals surface area (Å²) in [5.74, 6) is 1.40. The molecule has 0 aliphatic carbocycles. The van der Waals surface area contributed by atoms with Crippen molar-refractivity contribution in [2.75, 3.05) is 41.9 Å². The van der Waals surface area contributed by atoms with Crippen molar-refractivity contribution in [1.29, 1.82) is 0 Å². The summed E-state index contributed by atoms with van der Waals surface area (Å²) >= 11 is 7.41. The molecule has 0 radical (unpaired) electrons. The van der Waals surface area contributed by atoms with Crippen LogP contribution in [0.5, 0.6) is 0 Å². The molecule has 2 heterocycles. The van der Waals surface area contributed by atoms with Gasteiger partial charge < -0.3 is 25.0 Å². The Bertz CT molecular complexity index is 1210. The zero-order valence-electron chi connectivity index (χ0n) is 20.6. The smallest absolute Gasteiger partial charge is 0.330 e. The third-order valence-electron chi connectivity index (χ3n) is 4.83. The molecule has 0 saturated heterocycles. The van der Waals surface area contributed by atoms with E-state index in [2.05, 4.69) is 30.9 Å². The zero-order valence-corrected chi connectivity index (χ0v) is 23.1. The monoisotopic (exact) mass is 552 g/mol. The number of hydrogen-bond acceptors (Lipinski definition) is 10. The van der Waals surface area contributed by atoms with Crippen molar-refractivity contribution in [3.8, 4) is 0 Å². The lowest BCUT2D eigenvalue weighted by atomic mass is 10.2. The molecule has 3 aromatic rings. The number of amides is 1. The van der Waals surface area contributed by atoms with Crippen LogP contribution in [0.25, 0.3) is 0 Å². The van der Waals surface area contributed by atoms with Gasteiger partial charge in [0, 0.05) is 12.6 Å². The van der Waals surface area contributed by atoms with Crippen LogP contribution in [0.2, 0.25) is 5.02 Å². The normalized spacial score (nSPS) is 11.4. The first-order chi connectivity index (χ1) is 17.2. The maximum atomic E-state index is 12.7. The highest BCUT2D eigenvalue weighted by molar-refractivity contribution is 7.53. The Kier molecular flexibility index (Phi) is 10.2. The number of aromatic nitrogens is 3. The van der Waals surface area contributed by atoms with Gasteiger partial charge in [-0.05, 0) is 45.7 Å². The van der Waals surface area contributed by atoms with E-state index in [0.717, 1.165) is 5.56 Å². The average Bonchev–Trinajstić information content (AvgIpc) is 3.28. The number of nitrogens with zero attached hydrogens (tertiary/aromatic N) is 3. The Morgan fingerprint density at radius 1 is 1.14 bits per heavy atom. The Hall–Kier alpha value is -2.56. The summed E-state index contributed by atoms with van der Waals surface area (Å²) in [6, 6.07) is 7.17. The molecule has 0 bridgehead atoms. The number of para-hydroxylation sites is 1. The molecule has 0 aliphatic rings. The van der Waals surface area contributed by atoms with Crippen LogP contribution in [-0.4, -0.2) is 46.8 Å². The minimum atomic E-state index is -3.07. The minimum Gasteiger partial charge on any atom is -0.370 e. The number of halogens is 1. The molecular weight excluding hydrogens is 523 g/mol.